The number of nitrogens with zero attached hydrogens (tertiary/aromatic N) is 8. The van der Waals surface area contributed by atoms with Gasteiger partial charge >= 0.3 is 18.5 Å². The van der Waals surface area contributed by atoms with Crippen LogP contribution in [0.15, 0.2) is 103 Å². The molecule has 1 unspecified atom stereocenters. The molecule has 72 heavy (non-hydrogen) atoms. The van der Waals surface area contributed by atoms with Gasteiger partial charge in [0.15, 0.2) is 5.16 Å². The van der Waals surface area contributed by atoms with Gasteiger partial charge in [-0.05, 0) is 42.7 Å². The van der Waals surface area contributed by atoms with E-state index in [1.54, 1.807) is 6.26 Å². The monoisotopic (exact) mass is 1140 g/mol. The van der Waals surface area contributed by atoms with Crippen molar-refractivity contribution in [2.24, 2.45) is 0 Å². The molecule has 0 aliphatic rings. The van der Waals surface area contributed by atoms with Gasteiger partial charge in [-0.15, -0.1) is 19.3 Å². The van der Waals surface area contributed by atoms with Crippen LogP contribution in [0.1, 0.15) is 18.5 Å². The molecule has 0 aliphatic carbocycles. The van der Waals surface area contributed by atoms with Crippen LogP contribution < -0.4 is 16.7 Å². The van der Waals surface area contributed by atoms with E-state index in [-0.39, 0.29) is 52.0 Å². The van der Waals surface area contributed by atoms with Crippen LogP contribution in [0.2, 0.25) is 0 Å². The van der Waals surface area contributed by atoms with E-state index in [0.717, 1.165) is 39.1 Å². The Morgan fingerprint density at radius 1 is 0.708 bits per heavy atom. The van der Waals surface area contributed by atoms with Crippen molar-refractivity contribution in [3.8, 4) is 70.8 Å². The highest BCUT2D eigenvalue weighted by atomic mass is 79.9. The number of aromatic amines is 1. The van der Waals surface area contributed by atoms with Crippen LogP contribution in [0.5, 0.6) is 0 Å². The van der Waals surface area contributed by atoms with E-state index in [4.69, 9.17) is 20.6 Å². The van der Waals surface area contributed by atoms with Crippen LogP contribution >= 0.6 is 27.7 Å². The summed E-state index contributed by atoms with van der Waals surface area (Å²) in [5.41, 5.74) is -4.34. The molecule has 6 aromatic heterocycles. The van der Waals surface area contributed by atoms with Crippen molar-refractivity contribution in [2.45, 2.75) is 47.1 Å². The van der Waals surface area contributed by atoms with E-state index in [9.17, 15) is 70.9 Å². The van der Waals surface area contributed by atoms with Gasteiger partial charge in [0.1, 0.15) is 17.1 Å². The normalized spacial score (nSPS) is 11.6. The molecular formula is C43H34BrF10N9O6S3. The predicted octanol–water partition coefficient (Wildman–Crippen LogP) is 7.23. The number of terminal acetylenes is 3. The van der Waals surface area contributed by atoms with Crippen molar-refractivity contribution in [3.63, 3.8) is 0 Å². The highest BCUT2D eigenvalue weighted by molar-refractivity contribution is 9.09. The van der Waals surface area contributed by atoms with Gasteiger partial charge in [-0.25, -0.2) is 38.3 Å². The lowest BCUT2D eigenvalue weighted by Crippen LogP contribution is -2.18. The molecule has 0 aromatic carbocycles. The second-order valence-electron chi connectivity index (χ2n) is 13.1. The number of H-pyrrole nitrogens is 1. The maximum absolute atomic E-state index is 12.9. The molecule has 382 valence electrons. The van der Waals surface area contributed by atoms with Crippen LogP contribution in [-0.2, 0) is 52.3 Å². The second-order valence-corrected chi connectivity index (χ2v) is 17.7. The Kier molecular flexibility index (Phi) is 22.2. The minimum atomic E-state index is -4.86. The summed E-state index contributed by atoms with van der Waals surface area (Å²) in [6.07, 6.45) is 8.17. The summed E-state index contributed by atoms with van der Waals surface area (Å²) in [5.74, 6) is 6.85. The lowest BCUT2D eigenvalue weighted by atomic mass is 10.2. The molecule has 0 saturated heterocycles. The molecule has 0 amide bonds. The molecule has 0 saturated carbocycles. The average Bonchev–Trinajstić information content (AvgIpc) is 3.32. The standard InChI is InChI=1S/C14H10F3N3O3S.C14H10F3N3O2S.C11H8F3N3OS.C3H3Br.CH3F/c1-3-6-20-8-9(4-5-12(20)21)10-7-11(14(15,16)17)19-13(18-10)24(2,22)23;1-3-6-20-8-9(4-5-12(20)21)10-7-11(14(15,16)17)19-13(18-10)23(2)22;1-19-10-16-7(4-8(17-10)11(12,13)14)6-2-3-9(18)15-5-6;1-2-3-4;1-2/h1,4-5,7-8H,6H2,2H3;1,4-5,7-8H,6H2,2H3;2-5H,1H3,(H,15,18);1H,3H2;1H3/i;;;;1D. The maximum Gasteiger partial charge on any atom is 0.433 e. The van der Waals surface area contributed by atoms with E-state index < -0.39 is 84.8 Å². The largest absolute Gasteiger partial charge is 0.433 e. The zero-order chi connectivity index (χ0) is 55.5. The van der Waals surface area contributed by atoms with E-state index in [2.05, 4.69) is 68.6 Å². The van der Waals surface area contributed by atoms with E-state index >= 15 is 0 Å². The van der Waals surface area contributed by atoms with Gasteiger partial charge in [-0.2, -0.15) is 39.5 Å². The SMILES string of the molecule is C#CCBr.C#CCn1cc(-c2cc(C(F)(F)F)nc(S(C)(=O)=O)n2)ccc1=O.C#CCn1cc(-c2cc(C(F)(F)F)nc(S(C)=O)n2)ccc1=O.CSc1nc(-c2ccc(=O)[nH]c2)cc(C(F)(F)F)n1.[2H]CF. The van der Waals surface area contributed by atoms with Crippen molar-refractivity contribution < 1.29 is 57.9 Å². The Labute approximate surface area is 419 Å². The number of pyridine rings is 3. The van der Waals surface area contributed by atoms with Crippen LogP contribution in [0.3, 0.4) is 0 Å². The van der Waals surface area contributed by atoms with Gasteiger partial charge in [0.25, 0.3) is 11.1 Å². The van der Waals surface area contributed by atoms with E-state index in [1.165, 1.54) is 55.2 Å². The Morgan fingerprint density at radius 2 is 1.12 bits per heavy atom. The number of hydrogen-bond donors (Lipinski definition) is 1. The molecule has 1 atom stereocenters. The third kappa shape index (κ3) is 18.6. The lowest BCUT2D eigenvalue weighted by Gasteiger charge is -2.10. The van der Waals surface area contributed by atoms with Crippen LogP contribution in [0, 0.1) is 37.0 Å². The Hall–Kier alpha value is -7.00. The predicted molar refractivity (Wildman–Crippen MR) is 251 cm³/mol. The Balaban J connectivity index is 0.000000353. The van der Waals surface area contributed by atoms with Crippen molar-refractivity contribution in [1.82, 2.24) is 44.0 Å². The molecule has 29 heteroatoms. The van der Waals surface area contributed by atoms with Gasteiger partial charge in [0, 0.05) is 66.0 Å². The number of thioether (sulfide) groups is 1. The first kappa shape index (κ1) is 59.3. The van der Waals surface area contributed by atoms with Gasteiger partial charge in [-0.1, -0.05) is 45.5 Å². The van der Waals surface area contributed by atoms with Crippen LogP contribution in [0.25, 0.3) is 33.8 Å². The third-order valence-electron chi connectivity index (χ3n) is 8.00. The smallest absolute Gasteiger partial charge is 0.328 e. The first-order chi connectivity index (χ1) is 34.0. The fraction of sp³-hybridized carbons (Fsp3) is 0.233. The lowest BCUT2D eigenvalue weighted by molar-refractivity contribution is -0.142. The number of hydrogen-bond acceptors (Lipinski definition) is 13. The van der Waals surface area contributed by atoms with Crippen LogP contribution in [-0.4, -0.2) is 87.9 Å². The van der Waals surface area contributed by atoms with Gasteiger partial charge in [-0.3, -0.25) is 23.0 Å². The zero-order valence-corrected chi connectivity index (χ0v) is 40.9. The minimum Gasteiger partial charge on any atom is -0.328 e. The molecule has 0 aliphatic heterocycles. The Bertz CT molecular complexity index is 3320. The Morgan fingerprint density at radius 3 is 1.50 bits per heavy atom. The molecule has 1 N–H and O–H groups in total. The van der Waals surface area contributed by atoms with Crippen LogP contribution in [0.4, 0.5) is 43.9 Å². The van der Waals surface area contributed by atoms with Gasteiger partial charge in [0.2, 0.25) is 25.7 Å². The molecule has 6 heterocycles. The topological polar surface area (TPSA) is 205 Å². The minimum absolute atomic E-state index is 0.0241. The summed E-state index contributed by atoms with van der Waals surface area (Å²) in [6, 6.07) is 9.64. The summed E-state index contributed by atoms with van der Waals surface area (Å²) in [5, 5.41) is -0.713. The summed E-state index contributed by atoms with van der Waals surface area (Å²) in [7, 11) is -6.86. The fourth-order valence-electron chi connectivity index (χ4n) is 4.92. The molecule has 6 aromatic rings. The first-order valence-electron chi connectivity index (χ1n) is 19.5. The van der Waals surface area contributed by atoms with E-state index in [1.807, 2.05) is 0 Å². The molecule has 0 bridgehead atoms. The van der Waals surface area contributed by atoms with Crippen molar-refractivity contribution in [3.05, 3.63) is 121 Å². The van der Waals surface area contributed by atoms with Gasteiger partial charge in [0.05, 0.1) is 54.8 Å². The summed E-state index contributed by atoms with van der Waals surface area (Å²) >= 11 is 4.03. The molecule has 0 radical (unpaired) electrons. The highest BCUT2D eigenvalue weighted by Crippen LogP contribution is 2.33. The third-order valence-corrected chi connectivity index (χ3v) is 10.4. The second kappa shape index (κ2) is 27.0. The maximum atomic E-state index is 12.9. The number of aromatic nitrogens is 9. The quantitative estimate of drug-likeness (QED) is 0.0526. The van der Waals surface area contributed by atoms with Crippen molar-refractivity contribution >= 4 is 48.3 Å². The highest BCUT2D eigenvalue weighted by Gasteiger charge is 2.36. The van der Waals surface area contributed by atoms with Gasteiger partial charge < -0.3 is 14.1 Å². The first-order valence-corrected chi connectivity index (χ1v) is 24.6. The number of nitrogens with one attached hydrogen (secondary N) is 1. The summed E-state index contributed by atoms with van der Waals surface area (Å²) in [4.78, 5) is 57.8. The van der Waals surface area contributed by atoms with Crippen molar-refractivity contribution in [2.75, 3.05) is 31.3 Å². The summed E-state index contributed by atoms with van der Waals surface area (Å²) in [6.45, 7) is -0.126. The number of sulfone groups is 1. The average molecular weight is 1140 g/mol. The number of halogens is 11. The summed E-state index contributed by atoms with van der Waals surface area (Å²) < 4.78 is 168. The molecule has 6 rings (SSSR count). The van der Waals surface area contributed by atoms with E-state index in [0.29, 0.717) is 23.2 Å². The number of rotatable bonds is 8. The fourth-order valence-corrected chi connectivity index (χ4v) is 6.28. The zero-order valence-electron chi connectivity index (χ0n) is 37.9. The molecule has 15 nitrogen and oxygen atoms in total. The molecule has 0 fully saturated rings. The number of alkyl halides is 11. The van der Waals surface area contributed by atoms with Crippen molar-refractivity contribution in [1.29, 1.82) is 0 Å². The molecular weight excluding hydrogens is 1100 g/mol. The molecule has 0 spiro atoms.